The summed E-state index contributed by atoms with van der Waals surface area (Å²) in [6, 6.07) is 1.94. The van der Waals surface area contributed by atoms with E-state index in [-0.39, 0.29) is 12.5 Å². The van der Waals surface area contributed by atoms with E-state index in [9.17, 15) is 4.79 Å². The van der Waals surface area contributed by atoms with Crippen molar-refractivity contribution in [2.75, 3.05) is 20.3 Å². The van der Waals surface area contributed by atoms with Gasteiger partial charge in [-0.05, 0) is 43.1 Å². The Hall–Kier alpha value is -2.21. The van der Waals surface area contributed by atoms with Gasteiger partial charge in [0.05, 0.1) is 17.2 Å². The fourth-order valence-electron chi connectivity index (χ4n) is 4.16. The predicted molar refractivity (Wildman–Crippen MR) is 106 cm³/mol. The molecule has 3 rings (SSSR count). The molecule has 146 valence electrons. The van der Waals surface area contributed by atoms with E-state index >= 15 is 0 Å². The minimum absolute atomic E-state index is 0.0518. The van der Waals surface area contributed by atoms with Gasteiger partial charge in [-0.15, -0.1) is 0 Å². The van der Waals surface area contributed by atoms with Crippen molar-refractivity contribution in [1.82, 2.24) is 20.3 Å². The number of carbonyl (C=O) groups is 1. The van der Waals surface area contributed by atoms with Gasteiger partial charge >= 0.3 is 0 Å². The summed E-state index contributed by atoms with van der Waals surface area (Å²) >= 11 is 0. The van der Waals surface area contributed by atoms with Gasteiger partial charge in [-0.2, -0.15) is 0 Å². The molecule has 3 unspecified atom stereocenters. The summed E-state index contributed by atoms with van der Waals surface area (Å²) in [5, 5.41) is 3.01. The molecule has 0 radical (unpaired) electrons. The normalized spacial score (nSPS) is 22.9. The Morgan fingerprint density at radius 3 is 2.96 bits per heavy atom. The molecule has 2 aromatic rings. The smallest absolute Gasteiger partial charge is 0.246 e. The van der Waals surface area contributed by atoms with Crippen LogP contribution in [0.5, 0.6) is 0 Å². The quantitative estimate of drug-likeness (QED) is 0.734. The Morgan fingerprint density at radius 2 is 2.26 bits per heavy atom. The van der Waals surface area contributed by atoms with E-state index in [0.717, 1.165) is 29.7 Å². The summed E-state index contributed by atoms with van der Waals surface area (Å²) < 4.78 is 4.90. The monoisotopic (exact) mass is 370 g/mol. The SMILES string of the molecule is COCC(=O)NCC1C=C(C)C(Cc2nc3ccncc3[nH]2)CC1C(C)C. The van der Waals surface area contributed by atoms with Crippen LogP contribution in [-0.2, 0) is 16.0 Å². The van der Waals surface area contributed by atoms with Crippen molar-refractivity contribution in [2.24, 2.45) is 23.7 Å². The lowest BCUT2D eigenvalue weighted by atomic mass is 9.70. The lowest BCUT2D eigenvalue weighted by Gasteiger charge is -2.37. The van der Waals surface area contributed by atoms with E-state index < -0.39 is 0 Å². The molecule has 2 aromatic heterocycles. The number of imidazole rings is 1. The van der Waals surface area contributed by atoms with Crippen LogP contribution in [0.4, 0.5) is 0 Å². The average Bonchev–Trinajstić information content (AvgIpc) is 3.04. The number of hydrogen-bond donors (Lipinski definition) is 2. The highest BCUT2D eigenvalue weighted by Crippen LogP contribution is 2.38. The first-order valence-electron chi connectivity index (χ1n) is 9.70. The highest BCUT2D eigenvalue weighted by Gasteiger charge is 2.32. The van der Waals surface area contributed by atoms with E-state index in [1.54, 1.807) is 13.3 Å². The molecule has 1 amide bonds. The zero-order valence-electron chi connectivity index (χ0n) is 16.7. The fourth-order valence-corrected chi connectivity index (χ4v) is 4.16. The van der Waals surface area contributed by atoms with Gasteiger partial charge in [0.1, 0.15) is 12.4 Å². The third-order valence-electron chi connectivity index (χ3n) is 5.67. The number of H-pyrrole nitrogens is 1. The molecule has 0 fully saturated rings. The second kappa shape index (κ2) is 8.65. The zero-order chi connectivity index (χ0) is 19.4. The van der Waals surface area contributed by atoms with Gasteiger partial charge in [0.25, 0.3) is 0 Å². The van der Waals surface area contributed by atoms with Gasteiger partial charge < -0.3 is 15.0 Å². The van der Waals surface area contributed by atoms with Crippen LogP contribution in [0.15, 0.2) is 30.1 Å². The Bertz CT molecular complexity index is 778. The summed E-state index contributed by atoms with van der Waals surface area (Å²) in [6.07, 6.45) is 7.97. The van der Waals surface area contributed by atoms with E-state index in [2.05, 4.69) is 42.1 Å². The number of carbonyl (C=O) groups excluding carboxylic acids is 1. The molecule has 0 saturated carbocycles. The summed E-state index contributed by atoms with van der Waals surface area (Å²) in [5.74, 6) is 2.89. The number of rotatable bonds is 7. The van der Waals surface area contributed by atoms with E-state index in [1.807, 2.05) is 12.3 Å². The summed E-state index contributed by atoms with van der Waals surface area (Å²) in [4.78, 5) is 24.0. The molecule has 1 aliphatic carbocycles. The second-order valence-electron chi connectivity index (χ2n) is 7.93. The molecular weight excluding hydrogens is 340 g/mol. The van der Waals surface area contributed by atoms with Crippen LogP contribution < -0.4 is 5.32 Å². The van der Waals surface area contributed by atoms with Crippen LogP contribution in [0.25, 0.3) is 11.0 Å². The molecule has 0 bridgehead atoms. The Kier molecular flexibility index (Phi) is 6.26. The molecule has 2 heterocycles. The maximum Gasteiger partial charge on any atom is 0.246 e. The number of allylic oxidation sites excluding steroid dienone is 1. The van der Waals surface area contributed by atoms with Crippen LogP contribution in [0.2, 0.25) is 0 Å². The Morgan fingerprint density at radius 1 is 1.44 bits per heavy atom. The number of amides is 1. The molecule has 6 heteroatoms. The second-order valence-corrected chi connectivity index (χ2v) is 7.93. The van der Waals surface area contributed by atoms with E-state index in [1.165, 1.54) is 5.57 Å². The van der Waals surface area contributed by atoms with E-state index in [4.69, 9.17) is 9.72 Å². The molecule has 0 aromatic carbocycles. The van der Waals surface area contributed by atoms with Crippen LogP contribution in [0.1, 0.15) is 33.0 Å². The predicted octanol–water partition coefficient (Wildman–Crippen LogP) is 3.12. The average molecular weight is 370 g/mol. The molecule has 27 heavy (non-hydrogen) atoms. The number of methoxy groups -OCH3 is 1. The van der Waals surface area contributed by atoms with Crippen molar-refractivity contribution in [3.63, 3.8) is 0 Å². The number of nitrogens with one attached hydrogen (secondary N) is 2. The number of ether oxygens (including phenoxy) is 1. The fraction of sp³-hybridized carbons (Fsp3) is 0.571. The first-order chi connectivity index (χ1) is 13.0. The number of fused-ring (bicyclic) bond motifs is 1. The molecule has 6 nitrogen and oxygen atoms in total. The molecular formula is C21H30N4O2. The number of hydrogen-bond acceptors (Lipinski definition) is 4. The van der Waals surface area contributed by atoms with Crippen LogP contribution in [0.3, 0.4) is 0 Å². The largest absolute Gasteiger partial charge is 0.375 e. The third-order valence-corrected chi connectivity index (χ3v) is 5.67. The van der Waals surface area contributed by atoms with Gasteiger partial charge in [0.15, 0.2) is 0 Å². The van der Waals surface area contributed by atoms with Crippen molar-refractivity contribution in [3.8, 4) is 0 Å². The standard InChI is InChI=1S/C21H30N4O2/c1-13(2)17-8-15(9-20-24-18-5-6-22-11-19(18)25-20)14(3)7-16(17)10-23-21(26)12-27-4/h5-7,11,13,15-17H,8-10,12H2,1-4H3,(H,23,26)(H,24,25). The van der Waals surface area contributed by atoms with Gasteiger partial charge in [0, 0.05) is 26.3 Å². The van der Waals surface area contributed by atoms with Crippen molar-refractivity contribution in [1.29, 1.82) is 0 Å². The minimum atomic E-state index is -0.0518. The Balaban J connectivity index is 1.71. The van der Waals surface area contributed by atoms with E-state index in [0.29, 0.717) is 30.2 Å². The van der Waals surface area contributed by atoms with Crippen molar-refractivity contribution >= 4 is 16.9 Å². The van der Waals surface area contributed by atoms with Crippen LogP contribution >= 0.6 is 0 Å². The highest BCUT2D eigenvalue weighted by atomic mass is 16.5. The summed E-state index contributed by atoms with van der Waals surface area (Å²) in [6.45, 7) is 7.53. The van der Waals surface area contributed by atoms with Gasteiger partial charge in [-0.1, -0.05) is 25.5 Å². The summed E-state index contributed by atoms with van der Waals surface area (Å²) in [5.41, 5.74) is 3.34. The molecule has 3 atom stereocenters. The molecule has 2 N–H and O–H groups in total. The van der Waals surface area contributed by atoms with Crippen molar-refractivity contribution < 1.29 is 9.53 Å². The van der Waals surface area contributed by atoms with Crippen LogP contribution in [0, 0.1) is 23.7 Å². The number of aromatic amines is 1. The van der Waals surface area contributed by atoms with Gasteiger partial charge in [0.2, 0.25) is 5.91 Å². The highest BCUT2D eigenvalue weighted by molar-refractivity contribution is 5.77. The van der Waals surface area contributed by atoms with Crippen LogP contribution in [-0.4, -0.2) is 41.1 Å². The zero-order valence-corrected chi connectivity index (χ0v) is 16.7. The molecule has 0 spiro atoms. The maximum atomic E-state index is 11.8. The first kappa shape index (κ1) is 19.5. The first-order valence-corrected chi connectivity index (χ1v) is 9.70. The maximum absolute atomic E-state index is 11.8. The third kappa shape index (κ3) is 4.75. The summed E-state index contributed by atoms with van der Waals surface area (Å²) in [7, 11) is 1.54. The molecule has 0 aliphatic heterocycles. The van der Waals surface area contributed by atoms with Crippen molar-refractivity contribution in [2.45, 2.75) is 33.6 Å². The van der Waals surface area contributed by atoms with Gasteiger partial charge in [-0.3, -0.25) is 9.78 Å². The lowest BCUT2D eigenvalue weighted by molar-refractivity contribution is -0.124. The number of pyridine rings is 1. The van der Waals surface area contributed by atoms with Crippen molar-refractivity contribution in [3.05, 3.63) is 35.9 Å². The molecule has 0 saturated heterocycles. The minimum Gasteiger partial charge on any atom is -0.375 e. The molecule has 1 aliphatic rings. The number of aromatic nitrogens is 3. The lowest BCUT2D eigenvalue weighted by Crippen LogP contribution is -2.38. The topological polar surface area (TPSA) is 79.9 Å². The van der Waals surface area contributed by atoms with Gasteiger partial charge in [-0.25, -0.2) is 4.98 Å². The Labute approximate surface area is 160 Å². The number of nitrogens with zero attached hydrogens (tertiary/aromatic N) is 2.